The summed E-state index contributed by atoms with van der Waals surface area (Å²) in [5.74, 6) is -0.912. The lowest BCUT2D eigenvalue weighted by molar-refractivity contribution is -0.128. The Morgan fingerprint density at radius 2 is 1.70 bits per heavy atom. The van der Waals surface area contributed by atoms with Crippen molar-refractivity contribution in [1.82, 2.24) is 14.7 Å². The molecule has 4 aromatic rings. The molecule has 186 valence electrons. The first-order valence-corrected chi connectivity index (χ1v) is 11.9. The monoisotopic (exact) mass is 500 g/mol. The van der Waals surface area contributed by atoms with Crippen molar-refractivity contribution in [3.05, 3.63) is 101 Å². The van der Waals surface area contributed by atoms with Gasteiger partial charge in [-0.25, -0.2) is 13.5 Å². The molecule has 2 amide bonds. The number of carbonyl (C=O) groups is 2. The summed E-state index contributed by atoms with van der Waals surface area (Å²) in [6.07, 6.45) is 1.99. The highest BCUT2D eigenvalue weighted by Gasteiger charge is 2.36. The molecule has 1 aromatic heterocycles. The van der Waals surface area contributed by atoms with E-state index in [1.165, 1.54) is 24.3 Å². The molecule has 3 aromatic carbocycles. The van der Waals surface area contributed by atoms with Crippen molar-refractivity contribution in [2.75, 3.05) is 18.5 Å². The second kappa shape index (κ2) is 9.25. The number of nitrogens with one attached hydrogen (secondary N) is 1. The van der Waals surface area contributed by atoms with Crippen molar-refractivity contribution >= 4 is 17.5 Å². The van der Waals surface area contributed by atoms with Crippen LogP contribution in [-0.2, 0) is 27.2 Å². The fourth-order valence-corrected chi connectivity index (χ4v) is 4.77. The Hall–Kier alpha value is -4.37. The van der Waals surface area contributed by atoms with Crippen LogP contribution in [0.15, 0.2) is 72.9 Å². The number of carbonyl (C=O) groups excluding carboxylic acids is 2. The number of amides is 2. The van der Waals surface area contributed by atoms with Crippen molar-refractivity contribution in [3.63, 3.8) is 0 Å². The number of hydrogen-bond acceptors (Lipinski definition) is 4. The molecular weight excluding hydrogens is 478 g/mol. The predicted octanol–water partition coefficient (Wildman–Crippen LogP) is 4.41. The lowest BCUT2D eigenvalue weighted by Gasteiger charge is -2.23. The maximum Gasteiger partial charge on any atom is 0.250 e. The van der Waals surface area contributed by atoms with Gasteiger partial charge < -0.3 is 15.0 Å². The van der Waals surface area contributed by atoms with E-state index >= 15 is 0 Å². The summed E-state index contributed by atoms with van der Waals surface area (Å²) in [7, 11) is 0. The zero-order valence-electron chi connectivity index (χ0n) is 19.7. The summed E-state index contributed by atoms with van der Waals surface area (Å²) < 4.78 is 34.7. The van der Waals surface area contributed by atoms with E-state index in [4.69, 9.17) is 9.84 Å². The number of fused-ring (bicyclic) bond motifs is 1. The molecule has 0 bridgehead atoms. The maximum absolute atomic E-state index is 13.6. The highest BCUT2D eigenvalue weighted by molar-refractivity contribution is 5.99. The van der Waals surface area contributed by atoms with Gasteiger partial charge in [0.15, 0.2) is 6.23 Å². The molecular formula is C28H22F2N4O3. The van der Waals surface area contributed by atoms with Crippen molar-refractivity contribution in [1.29, 1.82) is 0 Å². The number of halogens is 2. The average Bonchev–Trinajstić information content (AvgIpc) is 3.59. The smallest absolute Gasteiger partial charge is 0.250 e. The molecule has 1 N–H and O–H groups in total. The normalized spacial score (nSPS) is 16.8. The molecule has 0 aliphatic carbocycles. The molecule has 1 saturated heterocycles. The largest absolute Gasteiger partial charge is 0.344 e. The van der Waals surface area contributed by atoms with E-state index in [2.05, 4.69) is 5.32 Å². The fraction of sp³-hybridized carbons (Fsp3) is 0.179. The average molecular weight is 501 g/mol. The van der Waals surface area contributed by atoms with E-state index in [0.717, 1.165) is 16.8 Å². The van der Waals surface area contributed by atoms with Gasteiger partial charge in [-0.2, -0.15) is 5.10 Å². The van der Waals surface area contributed by atoms with Crippen LogP contribution in [0.1, 0.15) is 22.9 Å². The molecule has 0 unspecified atom stereocenters. The zero-order chi connectivity index (χ0) is 25.5. The minimum Gasteiger partial charge on any atom is -0.344 e. The lowest BCUT2D eigenvalue weighted by Crippen LogP contribution is -2.30. The molecule has 2 aliphatic rings. The van der Waals surface area contributed by atoms with Crippen LogP contribution in [0.2, 0.25) is 0 Å². The Balaban J connectivity index is 1.32. The number of aromatic nitrogens is 2. The SMILES string of the molecule is O=C1Cc2cc(CCN3C(=O)CO[C@H]3c3cn(-c4ccc(F)cc4)nc3-c3ccc(F)cc3)ccc2N1. The minimum atomic E-state index is -0.695. The first-order chi connectivity index (χ1) is 17.9. The second-order valence-corrected chi connectivity index (χ2v) is 9.08. The van der Waals surface area contributed by atoms with Crippen LogP contribution >= 0.6 is 0 Å². The van der Waals surface area contributed by atoms with Crippen LogP contribution in [0.5, 0.6) is 0 Å². The Morgan fingerprint density at radius 1 is 0.973 bits per heavy atom. The predicted molar refractivity (Wildman–Crippen MR) is 132 cm³/mol. The first-order valence-electron chi connectivity index (χ1n) is 11.9. The Kier molecular flexibility index (Phi) is 5.77. The van der Waals surface area contributed by atoms with E-state index in [1.54, 1.807) is 40.0 Å². The third kappa shape index (κ3) is 4.49. The third-order valence-electron chi connectivity index (χ3n) is 6.62. The van der Waals surface area contributed by atoms with Gasteiger partial charge >= 0.3 is 0 Å². The van der Waals surface area contributed by atoms with Gasteiger partial charge in [0.25, 0.3) is 5.91 Å². The van der Waals surface area contributed by atoms with Crippen molar-refractivity contribution in [2.45, 2.75) is 19.1 Å². The van der Waals surface area contributed by atoms with Crippen LogP contribution in [-0.4, -0.2) is 39.6 Å². The van der Waals surface area contributed by atoms with E-state index in [-0.39, 0.29) is 30.1 Å². The zero-order valence-corrected chi connectivity index (χ0v) is 19.7. The van der Waals surface area contributed by atoms with Gasteiger partial charge in [-0.3, -0.25) is 9.59 Å². The highest BCUT2D eigenvalue weighted by Crippen LogP contribution is 2.35. The Labute approximate surface area is 211 Å². The van der Waals surface area contributed by atoms with Gasteiger partial charge in [-0.05, 0) is 72.1 Å². The maximum atomic E-state index is 13.6. The number of anilines is 1. The van der Waals surface area contributed by atoms with Crippen molar-refractivity contribution < 1.29 is 23.1 Å². The molecule has 0 spiro atoms. The van der Waals surface area contributed by atoms with E-state index in [0.29, 0.717) is 41.9 Å². The van der Waals surface area contributed by atoms with Gasteiger partial charge in [-0.1, -0.05) is 12.1 Å². The van der Waals surface area contributed by atoms with Gasteiger partial charge in [0.1, 0.15) is 23.9 Å². The molecule has 6 rings (SSSR count). The number of rotatable bonds is 6. The van der Waals surface area contributed by atoms with Crippen molar-refractivity contribution in [2.24, 2.45) is 0 Å². The molecule has 37 heavy (non-hydrogen) atoms. The molecule has 0 radical (unpaired) electrons. The molecule has 0 saturated carbocycles. The van der Waals surface area contributed by atoms with Gasteiger partial charge in [0.05, 0.1) is 12.1 Å². The van der Waals surface area contributed by atoms with Gasteiger partial charge in [0.2, 0.25) is 5.91 Å². The summed E-state index contributed by atoms with van der Waals surface area (Å²) in [6, 6.07) is 17.6. The second-order valence-electron chi connectivity index (χ2n) is 9.08. The van der Waals surface area contributed by atoms with Crippen LogP contribution in [0.4, 0.5) is 14.5 Å². The fourth-order valence-electron chi connectivity index (χ4n) is 4.77. The van der Waals surface area contributed by atoms with Crippen LogP contribution in [0.25, 0.3) is 16.9 Å². The first kappa shape index (κ1) is 23.1. The van der Waals surface area contributed by atoms with Gasteiger partial charge in [0, 0.05) is 29.6 Å². The number of hydrogen-bond donors (Lipinski definition) is 1. The number of ether oxygens (including phenoxy) is 1. The number of nitrogens with zero attached hydrogens (tertiary/aromatic N) is 3. The van der Waals surface area contributed by atoms with Crippen LogP contribution in [0.3, 0.4) is 0 Å². The number of benzene rings is 3. The summed E-state index contributed by atoms with van der Waals surface area (Å²) in [6.45, 7) is 0.326. The lowest BCUT2D eigenvalue weighted by atomic mass is 10.0. The summed E-state index contributed by atoms with van der Waals surface area (Å²) in [4.78, 5) is 26.2. The molecule has 7 nitrogen and oxygen atoms in total. The molecule has 9 heteroatoms. The standard InChI is InChI=1S/C28H22F2N4O3/c29-20-4-2-18(3-5-20)27-23(15-34(32-27)22-8-6-21(30)7-9-22)28-33(26(36)16-37-28)12-11-17-1-10-24-19(13-17)14-25(35)31-24/h1-10,13,15,28H,11-12,14,16H2,(H,31,35)/t28-/m0/s1. The van der Waals surface area contributed by atoms with E-state index in [9.17, 15) is 18.4 Å². The third-order valence-corrected chi connectivity index (χ3v) is 6.62. The topological polar surface area (TPSA) is 76.5 Å². The van der Waals surface area contributed by atoms with E-state index in [1.807, 2.05) is 18.2 Å². The van der Waals surface area contributed by atoms with Gasteiger partial charge in [-0.15, -0.1) is 0 Å². The van der Waals surface area contributed by atoms with E-state index < -0.39 is 6.23 Å². The molecule has 2 aliphatic heterocycles. The van der Waals surface area contributed by atoms with Crippen LogP contribution in [0, 0.1) is 11.6 Å². The summed E-state index contributed by atoms with van der Waals surface area (Å²) >= 11 is 0. The van der Waals surface area contributed by atoms with Crippen molar-refractivity contribution in [3.8, 4) is 16.9 Å². The molecule has 3 heterocycles. The Bertz CT molecular complexity index is 1500. The van der Waals surface area contributed by atoms with Crippen LogP contribution < -0.4 is 5.32 Å². The minimum absolute atomic E-state index is 0.0261. The summed E-state index contributed by atoms with van der Waals surface area (Å²) in [5.41, 5.74) is 5.26. The summed E-state index contributed by atoms with van der Waals surface area (Å²) in [5, 5.41) is 7.52. The molecule has 1 fully saturated rings. The molecule has 1 atom stereocenters. The quantitative estimate of drug-likeness (QED) is 0.426. The Morgan fingerprint density at radius 3 is 2.46 bits per heavy atom. The highest BCUT2D eigenvalue weighted by atomic mass is 19.1.